The van der Waals surface area contributed by atoms with Crippen LogP contribution in [-0.4, -0.2) is 15.5 Å². The minimum Gasteiger partial charge on any atom is -0.506 e. The molecule has 128 valence electrons. The van der Waals surface area contributed by atoms with Crippen LogP contribution in [0.3, 0.4) is 0 Å². The van der Waals surface area contributed by atoms with Crippen molar-refractivity contribution in [1.82, 2.24) is 4.57 Å². The summed E-state index contributed by atoms with van der Waals surface area (Å²) in [6.45, 7) is 3.75. The summed E-state index contributed by atoms with van der Waals surface area (Å²) in [4.78, 5) is 0. The molecule has 24 heavy (non-hydrogen) atoms. The third-order valence-corrected chi connectivity index (χ3v) is 4.16. The molecule has 0 saturated carbocycles. The van der Waals surface area contributed by atoms with Crippen LogP contribution in [0, 0.1) is 16.7 Å². The van der Waals surface area contributed by atoms with E-state index in [0.29, 0.717) is 11.9 Å². The quantitative estimate of drug-likeness (QED) is 0.478. The Morgan fingerprint density at radius 2 is 1.96 bits per heavy atom. The number of hydrogen-bond acceptors (Lipinski definition) is 4. The van der Waals surface area contributed by atoms with Crippen molar-refractivity contribution in [2.24, 2.45) is 11.7 Å². The molecule has 2 aromatic rings. The van der Waals surface area contributed by atoms with Crippen molar-refractivity contribution in [3.63, 3.8) is 0 Å². The Hall–Kier alpha value is -2.40. The van der Waals surface area contributed by atoms with Crippen molar-refractivity contribution in [3.8, 4) is 5.75 Å². The molecule has 0 fully saturated rings. The summed E-state index contributed by atoms with van der Waals surface area (Å²) in [5, 5.41) is 24.3. The van der Waals surface area contributed by atoms with Crippen LogP contribution in [0.25, 0.3) is 0 Å². The van der Waals surface area contributed by atoms with E-state index in [-0.39, 0.29) is 17.2 Å². The Morgan fingerprint density at radius 1 is 1.25 bits per heavy atom. The third-order valence-electron chi connectivity index (χ3n) is 4.16. The largest absolute Gasteiger partial charge is 0.506 e. The van der Waals surface area contributed by atoms with Gasteiger partial charge in [-0.2, -0.15) is 0 Å². The van der Waals surface area contributed by atoms with Crippen LogP contribution in [0.5, 0.6) is 5.75 Å². The van der Waals surface area contributed by atoms with E-state index in [4.69, 9.17) is 21.7 Å². The second kappa shape index (κ2) is 7.93. The third kappa shape index (κ3) is 4.32. The van der Waals surface area contributed by atoms with Gasteiger partial charge in [0.15, 0.2) is 0 Å². The number of aromatic hydroxyl groups is 1. The lowest BCUT2D eigenvalue weighted by Crippen LogP contribution is -2.28. The van der Waals surface area contributed by atoms with Crippen molar-refractivity contribution in [2.45, 2.75) is 39.2 Å². The number of benzene rings is 1. The molecule has 0 aliphatic heterocycles. The Bertz CT molecular complexity index is 764. The highest BCUT2D eigenvalue weighted by Crippen LogP contribution is 2.26. The van der Waals surface area contributed by atoms with Crippen LogP contribution < -0.4 is 11.2 Å². The minimum atomic E-state index is 0.0379. The molecule has 0 bridgehead atoms. The van der Waals surface area contributed by atoms with Gasteiger partial charge < -0.3 is 10.8 Å². The molecule has 1 aliphatic rings. The summed E-state index contributed by atoms with van der Waals surface area (Å²) in [7, 11) is 0. The molecule has 1 heterocycles. The number of rotatable bonds is 1. The number of nitrogens with zero attached hydrogens (tertiary/aromatic N) is 1. The van der Waals surface area contributed by atoms with Gasteiger partial charge in [0.25, 0.3) is 0 Å². The second-order valence-electron chi connectivity index (χ2n) is 6.38. The zero-order valence-electron chi connectivity index (χ0n) is 14.3. The standard InChI is InChI=1S/C10H13N.C9H13N3O/c11-10-7-3-5-8-4-1-2-6-9(8)10;1-6(2)9(11)12-5-7(13)3-4-8(12)10/h1-2,4,6,10H,3,5,7,11H2;3-6,10-11,13H,1-2H3. The van der Waals surface area contributed by atoms with E-state index in [1.807, 2.05) is 13.8 Å². The molecule has 5 nitrogen and oxygen atoms in total. The molecule has 5 N–H and O–H groups in total. The molecule has 0 spiro atoms. The van der Waals surface area contributed by atoms with Gasteiger partial charge in [0.2, 0.25) is 0 Å². The molecule has 3 rings (SSSR count). The van der Waals surface area contributed by atoms with Gasteiger partial charge in [-0.25, -0.2) is 0 Å². The predicted molar refractivity (Wildman–Crippen MR) is 96.2 cm³/mol. The van der Waals surface area contributed by atoms with Crippen molar-refractivity contribution in [3.05, 3.63) is 59.2 Å². The summed E-state index contributed by atoms with van der Waals surface area (Å²) >= 11 is 0. The average Bonchev–Trinajstić information content (AvgIpc) is 2.57. The Kier molecular flexibility index (Phi) is 5.93. The maximum absolute atomic E-state index is 9.17. The number of fused-ring (bicyclic) bond motifs is 1. The topological polar surface area (TPSA) is 98.9 Å². The van der Waals surface area contributed by atoms with Gasteiger partial charge in [0, 0.05) is 12.0 Å². The van der Waals surface area contributed by atoms with E-state index >= 15 is 0 Å². The van der Waals surface area contributed by atoms with E-state index in [2.05, 4.69) is 24.3 Å². The van der Waals surface area contributed by atoms with E-state index in [1.54, 1.807) is 0 Å². The number of hydrogen-bond donors (Lipinski definition) is 4. The summed E-state index contributed by atoms with van der Waals surface area (Å²) in [6.07, 6.45) is 4.99. The van der Waals surface area contributed by atoms with Crippen LogP contribution in [0.4, 0.5) is 0 Å². The van der Waals surface area contributed by atoms with Gasteiger partial charge in [-0.1, -0.05) is 38.1 Å². The number of aromatic nitrogens is 1. The smallest absolute Gasteiger partial charge is 0.132 e. The normalized spacial score (nSPS) is 16.1. The Labute approximate surface area is 142 Å². The Balaban J connectivity index is 0.000000175. The lowest BCUT2D eigenvalue weighted by atomic mass is 9.88. The summed E-state index contributed by atoms with van der Waals surface area (Å²) in [5.41, 5.74) is 8.96. The predicted octanol–water partition coefficient (Wildman–Crippen LogP) is 3.18. The molecule has 1 aliphatic carbocycles. The number of nitrogens with two attached hydrogens (primary N) is 1. The number of pyridine rings is 1. The van der Waals surface area contributed by atoms with E-state index in [0.717, 1.165) is 6.42 Å². The molecule has 1 unspecified atom stereocenters. The molecular weight excluding hydrogens is 300 g/mol. The highest BCUT2D eigenvalue weighted by atomic mass is 16.3. The highest BCUT2D eigenvalue weighted by molar-refractivity contribution is 5.83. The monoisotopic (exact) mass is 326 g/mol. The van der Waals surface area contributed by atoms with Gasteiger partial charge in [0.05, 0.1) is 6.20 Å². The lowest BCUT2D eigenvalue weighted by molar-refractivity contribution is 0.469. The minimum absolute atomic E-state index is 0.0379. The fourth-order valence-electron chi connectivity index (χ4n) is 2.76. The molecule has 0 radical (unpaired) electrons. The zero-order chi connectivity index (χ0) is 17.7. The molecular formula is C19H26N4O. The van der Waals surface area contributed by atoms with E-state index in [1.165, 1.54) is 46.9 Å². The van der Waals surface area contributed by atoms with Crippen molar-refractivity contribution < 1.29 is 5.11 Å². The fourth-order valence-corrected chi connectivity index (χ4v) is 2.76. The first-order valence-electron chi connectivity index (χ1n) is 8.28. The molecule has 1 atom stereocenters. The number of aryl methyl sites for hydroxylation is 1. The maximum Gasteiger partial charge on any atom is 0.132 e. The van der Waals surface area contributed by atoms with E-state index in [9.17, 15) is 0 Å². The highest BCUT2D eigenvalue weighted by Gasteiger charge is 2.14. The van der Waals surface area contributed by atoms with Crippen LogP contribution in [0.15, 0.2) is 42.6 Å². The molecule has 0 saturated heterocycles. The maximum atomic E-state index is 9.17. The van der Waals surface area contributed by atoms with E-state index < -0.39 is 0 Å². The van der Waals surface area contributed by atoms with Crippen molar-refractivity contribution in [1.29, 1.82) is 10.8 Å². The first-order valence-corrected chi connectivity index (χ1v) is 8.28. The summed E-state index contributed by atoms with van der Waals surface area (Å²) in [6, 6.07) is 11.7. The van der Waals surface area contributed by atoms with Crippen LogP contribution in [0.1, 0.15) is 43.9 Å². The molecule has 1 aromatic heterocycles. The molecule has 0 amide bonds. The summed E-state index contributed by atoms with van der Waals surface area (Å²) in [5.74, 6) is 0.415. The average molecular weight is 326 g/mol. The van der Waals surface area contributed by atoms with Gasteiger partial charge in [0.1, 0.15) is 17.1 Å². The summed E-state index contributed by atoms with van der Waals surface area (Å²) < 4.78 is 1.36. The van der Waals surface area contributed by atoms with Gasteiger partial charge in [-0.15, -0.1) is 0 Å². The second-order valence-corrected chi connectivity index (χ2v) is 6.38. The zero-order valence-corrected chi connectivity index (χ0v) is 14.3. The molecule has 5 heteroatoms. The van der Waals surface area contributed by atoms with Gasteiger partial charge >= 0.3 is 0 Å². The van der Waals surface area contributed by atoms with Gasteiger partial charge in [-0.05, 0) is 42.5 Å². The van der Waals surface area contributed by atoms with Gasteiger partial charge in [-0.3, -0.25) is 15.4 Å². The van der Waals surface area contributed by atoms with Crippen LogP contribution >= 0.6 is 0 Å². The van der Waals surface area contributed by atoms with Crippen molar-refractivity contribution >= 4 is 5.84 Å². The van der Waals surface area contributed by atoms with Crippen LogP contribution in [-0.2, 0) is 6.42 Å². The SMILES string of the molecule is CC(C)C(=N)n1cc(O)ccc1=N.NC1CCCc2ccccc21. The fraction of sp³-hybridized carbons (Fsp3) is 0.368. The molecule has 1 aromatic carbocycles. The first kappa shape index (κ1) is 17.9. The Morgan fingerprint density at radius 3 is 2.62 bits per heavy atom. The number of nitrogens with one attached hydrogen (secondary N) is 2. The lowest BCUT2D eigenvalue weighted by Gasteiger charge is -2.21. The first-order chi connectivity index (χ1) is 11.4. The van der Waals surface area contributed by atoms with Crippen LogP contribution in [0.2, 0.25) is 0 Å². The van der Waals surface area contributed by atoms with Crippen molar-refractivity contribution in [2.75, 3.05) is 0 Å².